The summed E-state index contributed by atoms with van der Waals surface area (Å²) in [6, 6.07) is 46.0. The molecule has 7 aromatic rings. The molecule has 0 saturated carbocycles. The molecule has 0 saturated heterocycles. The minimum atomic E-state index is 0.429. The molecule has 0 N–H and O–H groups in total. The van der Waals surface area contributed by atoms with Crippen LogP contribution in [0.2, 0.25) is 0 Å². The molecule has 6 atom stereocenters. The molecular weight excluding hydrogens is 756 g/mol. The summed E-state index contributed by atoms with van der Waals surface area (Å²) < 4.78 is 10.2. The number of fused-ring (bicyclic) bond motifs is 4. The molecule has 6 unspecified atom stereocenters. The van der Waals surface area contributed by atoms with Crippen molar-refractivity contribution >= 4 is 62.4 Å². The number of benzene rings is 5. The third-order valence-corrected chi connectivity index (χ3v) is 16.8. The van der Waals surface area contributed by atoms with Gasteiger partial charge in [0.1, 0.15) is 0 Å². The Kier molecular flexibility index (Phi) is 10.5. The van der Waals surface area contributed by atoms with Gasteiger partial charge in [0.25, 0.3) is 0 Å². The maximum atomic E-state index is 2.65. The van der Waals surface area contributed by atoms with E-state index < -0.39 is 0 Å². The number of nitrogens with zero attached hydrogens (tertiary/aromatic N) is 4. The third kappa shape index (κ3) is 7.23. The van der Waals surface area contributed by atoms with Crippen LogP contribution in [-0.2, 0) is 31.1 Å². The molecule has 0 spiro atoms. The molecule has 0 amide bonds. The Morgan fingerprint density at radius 1 is 0.500 bits per heavy atom. The second kappa shape index (κ2) is 16.3. The highest BCUT2D eigenvalue weighted by Crippen LogP contribution is 2.46. The van der Waals surface area contributed by atoms with Gasteiger partial charge in [-0.2, -0.15) is 0 Å². The number of rotatable bonds is 13. The Morgan fingerprint density at radius 2 is 1.05 bits per heavy atom. The lowest BCUT2D eigenvalue weighted by Crippen LogP contribution is -2.24. The van der Waals surface area contributed by atoms with Crippen LogP contribution in [0.15, 0.2) is 170 Å². The van der Waals surface area contributed by atoms with E-state index >= 15 is 0 Å². The van der Waals surface area contributed by atoms with Crippen molar-refractivity contribution in [3.63, 3.8) is 0 Å². The van der Waals surface area contributed by atoms with Gasteiger partial charge in [-0.1, -0.05) is 121 Å². The zero-order valence-corrected chi connectivity index (χ0v) is 35.4. The Labute approximate surface area is 337 Å². The van der Waals surface area contributed by atoms with Gasteiger partial charge in [0.2, 0.25) is 0 Å². The normalized spacial score (nSPS) is 17.9. The lowest BCUT2D eigenvalue weighted by molar-refractivity contribution is 0.494. The molecule has 2 aromatic heterocycles. The molecule has 4 heterocycles. The van der Waals surface area contributed by atoms with Gasteiger partial charge in [0, 0.05) is 55.2 Å². The van der Waals surface area contributed by atoms with Crippen molar-refractivity contribution in [3.05, 3.63) is 198 Å². The van der Waals surface area contributed by atoms with Crippen LogP contribution in [0.25, 0.3) is 32.9 Å². The number of hydrogen-bond acceptors (Lipinski definition) is 2. The fourth-order valence-electron chi connectivity index (χ4n) is 8.70. The van der Waals surface area contributed by atoms with Gasteiger partial charge in [0.15, 0.2) is 0 Å². The Morgan fingerprint density at radius 3 is 1.71 bits per heavy atom. The van der Waals surface area contributed by atoms with Gasteiger partial charge < -0.3 is 18.0 Å². The highest BCUT2D eigenvalue weighted by molar-refractivity contribution is 7.39. The Balaban J connectivity index is 1.05. The summed E-state index contributed by atoms with van der Waals surface area (Å²) in [4.78, 5) is 0. The van der Waals surface area contributed by atoms with Crippen molar-refractivity contribution in [3.8, 4) is 11.1 Å². The first-order valence-corrected chi connectivity index (χ1v) is 24.3. The van der Waals surface area contributed by atoms with Gasteiger partial charge >= 0.3 is 0 Å². The van der Waals surface area contributed by atoms with Crippen LogP contribution in [0.1, 0.15) is 27.8 Å². The highest BCUT2D eigenvalue weighted by Gasteiger charge is 2.27. The molecule has 278 valence electrons. The summed E-state index contributed by atoms with van der Waals surface area (Å²) in [5.74, 6) is 0.477. The Hall–Kier alpha value is -4.28. The SMILES string of the molecule is C1=CC2C=CN(PCc3cccc(CPn4ccc5ccccc54)c3-c3c(CPN4CCc5ccccc54)cccc3CPn3ccc4ccccc43)C2C=C1. The number of para-hydroxylation sites is 3. The van der Waals surface area contributed by atoms with Crippen molar-refractivity contribution in [2.75, 3.05) is 11.2 Å². The second-order valence-corrected chi connectivity index (χ2v) is 19.5. The summed E-state index contributed by atoms with van der Waals surface area (Å²) in [6.07, 6.45) is 23.7. The maximum absolute atomic E-state index is 2.65. The van der Waals surface area contributed by atoms with Crippen LogP contribution >= 0.6 is 34.9 Å². The van der Waals surface area contributed by atoms with E-state index in [-0.39, 0.29) is 0 Å². The zero-order chi connectivity index (χ0) is 37.3. The molecule has 4 nitrogen and oxygen atoms in total. The van der Waals surface area contributed by atoms with Crippen LogP contribution in [0, 0.1) is 5.92 Å². The van der Waals surface area contributed by atoms with E-state index in [0.717, 1.165) is 37.6 Å². The fraction of sp³-hybridized carbons (Fsp3) is 0.167. The van der Waals surface area contributed by atoms with E-state index in [1.165, 1.54) is 66.4 Å². The first-order chi connectivity index (χ1) is 27.8. The van der Waals surface area contributed by atoms with Crippen molar-refractivity contribution < 1.29 is 0 Å². The second-order valence-electron chi connectivity index (χ2n) is 14.8. The topological polar surface area (TPSA) is 16.3 Å². The average molecular weight is 803 g/mol. The predicted octanol–water partition coefficient (Wildman–Crippen LogP) is 12.7. The standard InChI is InChI=1S/C48H46N4P4/c1-5-19-43-35(11-1)23-27-49(43)53-31-39-15-9-16-40(32-54-50-28-24-36-12-2-6-20-44(36)50)47(39)48-41(33-55-51-29-25-37-13-3-7-21-45(37)51)17-10-18-42(48)34-56-52-30-26-38-14-4-8-22-46(38)52/h1-25,27-29,35,43,53-56H,26,30-34H2. The van der Waals surface area contributed by atoms with Gasteiger partial charge in [-0.05, 0) is 128 Å². The number of anilines is 1. The van der Waals surface area contributed by atoms with Crippen molar-refractivity contribution in [1.82, 2.24) is 13.3 Å². The van der Waals surface area contributed by atoms with E-state index in [4.69, 9.17) is 0 Å². The van der Waals surface area contributed by atoms with Crippen molar-refractivity contribution in [1.29, 1.82) is 0 Å². The highest BCUT2D eigenvalue weighted by atomic mass is 31.1. The third-order valence-electron chi connectivity index (χ3n) is 11.5. The molecule has 56 heavy (non-hydrogen) atoms. The summed E-state index contributed by atoms with van der Waals surface area (Å²) >= 11 is 0. The van der Waals surface area contributed by atoms with Crippen LogP contribution in [0.4, 0.5) is 5.69 Å². The van der Waals surface area contributed by atoms with E-state index in [2.05, 4.69) is 188 Å². The fourth-order valence-corrected chi connectivity index (χ4v) is 13.7. The van der Waals surface area contributed by atoms with Gasteiger partial charge in [0.05, 0.1) is 17.1 Å². The first kappa shape index (κ1) is 36.1. The minimum absolute atomic E-state index is 0.429. The average Bonchev–Trinajstić information content (AvgIpc) is 4.06. The van der Waals surface area contributed by atoms with E-state index in [9.17, 15) is 0 Å². The molecule has 2 aliphatic heterocycles. The lowest BCUT2D eigenvalue weighted by atomic mass is 9.89. The van der Waals surface area contributed by atoms with Crippen LogP contribution in [-0.4, -0.2) is 25.9 Å². The quantitative estimate of drug-likeness (QED) is 0.108. The van der Waals surface area contributed by atoms with Gasteiger partial charge in [-0.25, -0.2) is 0 Å². The first-order valence-electron chi connectivity index (χ1n) is 19.7. The number of aromatic nitrogens is 2. The number of allylic oxidation sites excluding steroid dienone is 2. The molecule has 0 bridgehead atoms. The molecule has 5 aromatic carbocycles. The molecule has 0 radical (unpaired) electrons. The van der Waals surface area contributed by atoms with Crippen LogP contribution in [0.3, 0.4) is 0 Å². The monoisotopic (exact) mass is 802 g/mol. The van der Waals surface area contributed by atoms with Crippen LogP contribution in [0.5, 0.6) is 0 Å². The van der Waals surface area contributed by atoms with Gasteiger partial charge in [-0.15, -0.1) is 0 Å². The maximum Gasteiger partial charge on any atom is 0.0601 e. The largest absolute Gasteiger partial charge is 0.352 e. The molecule has 8 heteroatoms. The minimum Gasteiger partial charge on any atom is -0.352 e. The molecule has 1 aliphatic carbocycles. The molecular formula is C48H46N4P4. The van der Waals surface area contributed by atoms with Crippen molar-refractivity contribution in [2.45, 2.75) is 37.1 Å². The summed E-state index contributed by atoms with van der Waals surface area (Å²) in [6.45, 7) is 1.11. The van der Waals surface area contributed by atoms with E-state index in [1.54, 1.807) is 0 Å². The van der Waals surface area contributed by atoms with Crippen LogP contribution < -0.4 is 4.67 Å². The molecule has 3 aliphatic rings. The van der Waals surface area contributed by atoms with Crippen molar-refractivity contribution in [2.24, 2.45) is 5.92 Å². The zero-order valence-electron chi connectivity index (χ0n) is 31.4. The summed E-state index contributed by atoms with van der Waals surface area (Å²) in [7, 11) is 2.64. The molecule has 0 fully saturated rings. The summed E-state index contributed by atoms with van der Waals surface area (Å²) in [5, 5.41) is 2.63. The van der Waals surface area contributed by atoms with E-state index in [0.29, 0.717) is 46.9 Å². The van der Waals surface area contributed by atoms with Gasteiger partial charge in [-0.3, -0.25) is 0 Å². The summed E-state index contributed by atoms with van der Waals surface area (Å²) in [5.41, 5.74) is 14.4. The Bertz CT molecular complexity index is 2620. The molecule has 10 rings (SSSR count). The van der Waals surface area contributed by atoms with E-state index in [1.807, 2.05) is 0 Å². The predicted molar refractivity (Wildman–Crippen MR) is 249 cm³/mol. The smallest absolute Gasteiger partial charge is 0.0601 e. The lowest BCUT2D eigenvalue weighted by Gasteiger charge is -2.28. The number of hydrogen-bond donors (Lipinski definition) is 0.